The molecular weight excluding hydrogens is 370 g/mol. The van der Waals surface area contributed by atoms with Crippen molar-refractivity contribution in [2.75, 3.05) is 49.5 Å². The number of nitrogens with one attached hydrogen (secondary N) is 1. The molecule has 1 aromatic carbocycles. The lowest BCUT2D eigenvalue weighted by molar-refractivity contribution is 0.101. The number of benzene rings is 1. The highest BCUT2D eigenvalue weighted by molar-refractivity contribution is 6.03. The Hall–Kier alpha value is -2.87. The van der Waals surface area contributed by atoms with Gasteiger partial charge in [-0.2, -0.15) is 5.10 Å². The number of rotatable bonds is 7. The van der Waals surface area contributed by atoms with Crippen LogP contribution in [0.25, 0.3) is 0 Å². The number of amides is 1. The number of aryl methyl sites for hydroxylation is 1. The molecule has 1 aliphatic rings. The van der Waals surface area contributed by atoms with E-state index in [1.807, 2.05) is 25.1 Å². The van der Waals surface area contributed by atoms with Gasteiger partial charge in [0.15, 0.2) is 0 Å². The van der Waals surface area contributed by atoms with Gasteiger partial charge in [0.25, 0.3) is 11.5 Å². The summed E-state index contributed by atoms with van der Waals surface area (Å²) in [6.45, 7) is 9.80. The second kappa shape index (κ2) is 9.56. The summed E-state index contributed by atoms with van der Waals surface area (Å²) in [5.74, 6) is 0.238. The van der Waals surface area contributed by atoms with Crippen LogP contribution < -0.4 is 20.5 Å². The van der Waals surface area contributed by atoms with E-state index in [0.29, 0.717) is 18.0 Å². The van der Waals surface area contributed by atoms with Crippen molar-refractivity contribution in [3.63, 3.8) is 0 Å². The Morgan fingerprint density at radius 1 is 1.14 bits per heavy atom. The zero-order valence-electron chi connectivity index (χ0n) is 17.4. The van der Waals surface area contributed by atoms with Crippen LogP contribution in [-0.2, 0) is 7.05 Å². The molecule has 8 heteroatoms. The molecule has 0 bridgehead atoms. The van der Waals surface area contributed by atoms with Gasteiger partial charge < -0.3 is 15.0 Å². The predicted octanol–water partition coefficient (Wildman–Crippen LogP) is 1.96. The molecule has 0 spiro atoms. The molecule has 1 N–H and O–H groups in total. The van der Waals surface area contributed by atoms with E-state index in [1.54, 1.807) is 0 Å². The van der Waals surface area contributed by atoms with Gasteiger partial charge in [-0.3, -0.25) is 14.5 Å². The average molecular weight is 399 g/mol. The monoisotopic (exact) mass is 399 g/mol. The number of nitrogens with zero attached hydrogens (tertiary/aromatic N) is 4. The standard InChI is InChI=1S/C21H29N5O3/c1-4-10-25-11-13-26(14-12-25)16-6-7-17(19(15-16)29-5-2)22-21(28)18-8-9-20(27)24(3)23-18/h6-9,15H,4-5,10-14H2,1-3H3,(H,22,28). The van der Waals surface area contributed by atoms with Gasteiger partial charge in [0, 0.05) is 51.0 Å². The Kier molecular flexibility index (Phi) is 6.87. The van der Waals surface area contributed by atoms with Crippen LogP contribution in [-0.4, -0.2) is 59.9 Å². The maximum absolute atomic E-state index is 12.6. The number of piperazine rings is 1. The van der Waals surface area contributed by atoms with Gasteiger partial charge in [0.1, 0.15) is 11.4 Å². The first kappa shape index (κ1) is 20.9. The topological polar surface area (TPSA) is 79.7 Å². The lowest BCUT2D eigenvalue weighted by Gasteiger charge is -2.36. The molecule has 29 heavy (non-hydrogen) atoms. The van der Waals surface area contributed by atoms with Crippen LogP contribution in [0, 0.1) is 0 Å². The number of aromatic nitrogens is 2. The van der Waals surface area contributed by atoms with Crippen molar-refractivity contribution in [3.8, 4) is 5.75 Å². The first-order valence-electron chi connectivity index (χ1n) is 10.1. The SMILES string of the molecule is CCCN1CCN(c2ccc(NC(=O)c3ccc(=O)n(C)n3)c(OCC)c2)CC1. The smallest absolute Gasteiger partial charge is 0.276 e. The van der Waals surface area contributed by atoms with E-state index >= 15 is 0 Å². The lowest BCUT2D eigenvalue weighted by Crippen LogP contribution is -2.46. The Balaban J connectivity index is 1.75. The Morgan fingerprint density at radius 2 is 1.90 bits per heavy atom. The number of anilines is 2. The highest BCUT2D eigenvalue weighted by Gasteiger charge is 2.19. The third-order valence-electron chi connectivity index (χ3n) is 4.98. The fourth-order valence-corrected chi connectivity index (χ4v) is 3.44. The highest BCUT2D eigenvalue weighted by atomic mass is 16.5. The first-order chi connectivity index (χ1) is 14.0. The van der Waals surface area contributed by atoms with E-state index in [9.17, 15) is 9.59 Å². The Morgan fingerprint density at radius 3 is 2.55 bits per heavy atom. The van der Waals surface area contributed by atoms with Gasteiger partial charge in [0.05, 0.1) is 12.3 Å². The molecule has 2 aromatic rings. The molecular formula is C21H29N5O3. The maximum atomic E-state index is 12.6. The van der Waals surface area contributed by atoms with Gasteiger partial charge in [-0.15, -0.1) is 0 Å². The zero-order valence-corrected chi connectivity index (χ0v) is 17.4. The molecule has 1 saturated heterocycles. The average Bonchev–Trinajstić information content (AvgIpc) is 2.72. The van der Waals surface area contributed by atoms with Crippen LogP contribution in [0.3, 0.4) is 0 Å². The molecule has 0 atom stereocenters. The fraction of sp³-hybridized carbons (Fsp3) is 0.476. The van der Waals surface area contributed by atoms with Gasteiger partial charge in [-0.1, -0.05) is 6.92 Å². The minimum absolute atomic E-state index is 0.172. The second-order valence-electron chi connectivity index (χ2n) is 7.08. The first-order valence-corrected chi connectivity index (χ1v) is 10.1. The number of carbonyl (C=O) groups excluding carboxylic acids is 1. The predicted molar refractivity (Wildman–Crippen MR) is 114 cm³/mol. The maximum Gasteiger partial charge on any atom is 0.276 e. The molecule has 2 heterocycles. The van der Waals surface area contributed by atoms with E-state index in [0.717, 1.165) is 43.1 Å². The molecule has 8 nitrogen and oxygen atoms in total. The number of ether oxygens (including phenoxy) is 1. The molecule has 1 fully saturated rings. The largest absolute Gasteiger partial charge is 0.492 e. The molecule has 156 valence electrons. The molecule has 0 saturated carbocycles. The van der Waals surface area contributed by atoms with E-state index in [1.165, 1.54) is 25.6 Å². The van der Waals surface area contributed by atoms with Crippen LogP contribution in [0.2, 0.25) is 0 Å². The third-order valence-corrected chi connectivity index (χ3v) is 4.98. The molecule has 0 radical (unpaired) electrons. The summed E-state index contributed by atoms with van der Waals surface area (Å²) >= 11 is 0. The zero-order chi connectivity index (χ0) is 20.8. The van der Waals surface area contributed by atoms with Crippen molar-refractivity contribution in [3.05, 3.63) is 46.4 Å². The van der Waals surface area contributed by atoms with E-state index in [-0.39, 0.29) is 17.2 Å². The van der Waals surface area contributed by atoms with Gasteiger partial charge in [-0.05, 0) is 38.1 Å². The lowest BCUT2D eigenvalue weighted by atomic mass is 10.2. The molecule has 1 aliphatic heterocycles. The van der Waals surface area contributed by atoms with Crippen molar-refractivity contribution in [2.45, 2.75) is 20.3 Å². The molecule has 0 aliphatic carbocycles. The van der Waals surface area contributed by atoms with Crippen LogP contribution in [0.15, 0.2) is 35.1 Å². The summed E-state index contributed by atoms with van der Waals surface area (Å²) < 4.78 is 6.92. The minimum Gasteiger partial charge on any atom is -0.492 e. The molecule has 3 rings (SSSR count). The summed E-state index contributed by atoms with van der Waals surface area (Å²) in [5, 5.41) is 6.84. The quantitative estimate of drug-likeness (QED) is 0.767. The minimum atomic E-state index is -0.387. The number of hydrogen-bond donors (Lipinski definition) is 1. The molecule has 1 aromatic heterocycles. The number of carbonyl (C=O) groups is 1. The normalized spacial score (nSPS) is 14.7. The fourth-order valence-electron chi connectivity index (χ4n) is 3.44. The summed E-state index contributed by atoms with van der Waals surface area (Å²) in [7, 11) is 1.51. The second-order valence-corrected chi connectivity index (χ2v) is 7.08. The Bertz CT molecular complexity index is 903. The van der Waals surface area contributed by atoms with E-state index < -0.39 is 0 Å². The number of hydrogen-bond acceptors (Lipinski definition) is 6. The Labute approximate surface area is 171 Å². The van der Waals surface area contributed by atoms with Crippen LogP contribution >= 0.6 is 0 Å². The highest BCUT2D eigenvalue weighted by Crippen LogP contribution is 2.31. The van der Waals surface area contributed by atoms with Crippen molar-refractivity contribution in [2.24, 2.45) is 7.05 Å². The van der Waals surface area contributed by atoms with Gasteiger partial charge >= 0.3 is 0 Å². The molecule has 1 amide bonds. The van der Waals surface area contributed by atoms with Crippen molar-refractivity contribution in [1.82, 2.24) is 14.7 Å². The third kappa shape index (κ3) is 5.14. The summed E-state index contributed by atoms with van der Waals surface area (Å²) in [5.41, 5.74) is 1.58. The molecule has 0 unspecified atom stereocenters. The van der Waals surface area contributed by atoms with E-state index in [4.69, 9.17) is 4.74 Å². The van der Waals surface area contributed by atoms with E-state index in [2.05, 4.69) is 27.1 Å². The van der Waals surface area contributed by atoms with Crippen molar-refractivity contribution in [1.29, 1.82) is 0 Å². The van der Waals surface area contributed by atoms with Crippen LogP contribution in [0.4, 0.5) is 11.4 Å². The summed E-state index contributed by atoms with van der Waals surface area (Å²) in [6.07, 6.45) is 1.17. The summed E-state index contributed by atoms with van der Waals surface area (Å²) in [4.78, 5) is 28.9. The van der Waals surface area contributed by atoms with Crippen molar-refractivity contribution >= 4 is 17.3 Å². The van der Waals surface area contributed by atoms with Gasteiger partial charge in [-0.25, -0.2) is 4.68 Å². The van der Waals surface area contributed by atoms with Crippen LogP contribution in [0.5, 0.6) is 5.75 Å². The van der Waals surface area contributed by atoms with Crippen molar-refractivity contribution < 1.29 is 9.53 Å². The van der Waals surface area contributed by atoms with Crippen LogP contribution in [0.1, 0.15) is 30.8 Å². The van der Waals surface area contributed by atoms with Gasteiger partial charge in [0.2, 0.25) is 0 Å². The summed E-state index contributed by atoms with van der Waals surface area (Å²) in [6, 6.07) is 8.58.